The number of hydrogen-bond donors (Lipinski definition) is 1. The molecule has 2 rings (SSSR count). The van der Waals surface area contributed by atoms with Crippen molar-refractivity contribution < 1.29 is 0 Å². The van der Waals surface area contributed by atoms with E-state index in [0.717, 1.165) is 12.2 Å². The van der Waals surface area contributed by atoms with Crippen molar-refractivity contribution in [1.82, 2.24) is 14.7 Å². The van der Waals surface area contributed by atoms with Crippen LogP contribution < -0.4 is 5.32 Å². The molecule has 0 unspecified atom stereocenters. The largest absolute Gasteiger partial charge is 0.316 e. The average Bonchev–Trinajstić information content (AvgIpc) is 2.51. The van der Waals surface area contributed by atoms with Crippen LogP contribution in [0.3, 0.4) is 0 Å². The molecule has 0 aliphatic carbocycles. The Bertz CT molecular complexity index is 378. The first-order valence-corrected chi connectivity index (χ1v) is 3.96. The van der Waals surface area contributed by atoms with Crippen molar-refractivity contribution in [3.63, 3.8) is 0 Å². The van der Waals surface area contributed by atoms with Crippen LogP contribution in [0.15, 0.2) is 30.7 Å². The Hall–Kier alpha value is -1.35. The predicted molar refractivity (Wildman–Crippen MR) is 48.0 cm³/mol. The summed E-state index contributed by atoms with van der Waals surface area (Å²) < 4.78 is 2.02. The molecule has 0 bridgehead atoms. The molecule has 0 saturated heterocycles. The van der Waals surface area contributed by atoms with E-state index in [1.165, 1.54) is 5.56 Å². The number of rotatable bonds is 2. The molecule has 3 nitrogen and oxygen atoms in total. The summed E-state index contributed by atoms with van der Waals surface area (Å²) >= 11 is 0. The van der Waals surface area contributed by atoms with E-state index in [4.69, 9.17) is 0 Å². The predicted octanol–water partition coefficient (Wildman–Crippen LogP) is 1.05. The standard InChI is InChI=1S/C9H11N3/c1-10-6-8-2-3-9-11-4-5-12(9)7-8/h2-5,7,10H,6H2,1H3. The number of hydrogen-bond acceptors (Lipinski definition) is 2. The molecule has 2 aromatic rings. The maximum atomic E-state index is 4.16. The molecule has 0 saturated carbocycles. The normalized spacial score (nSPS) is 10.8. The van der Waals surface area contributed by atoms with Gasteiger partial charge in [-0.05, 0) is 18.7 Å². The Morgan fingerprint density at radius 1 is 1.50 bits per heavy atom. The topological polar surface area (TPSA) is 29.3 Å². The van der Waals surface area contributed by atoms with Gasteiger partial charge in [0.1, 0.15) is 5.65 Å². The minimum absolute atomic E-state index is 0.897. The van der Waals surface area contributed by atoms with Gasteiger partial charge in [0.2, 0.25) is 0 Å². The fourth-order valence-electron chi connectivity index (χ4n) is 1.27. The van der Waals surface area contributed by atoms with Gasteiger partial charge in [-0.1, -0.05) is 6.07 Å². The highest BCUT2D eigenvalue weighted by Gasteiger charge is 1.94. The zero-order valence-electron chi connectivity index (χ0n) is 6.99. The van der Waals surface area contributed by atoms with Crippen LogP contribution in [-0.4, -0.2) is 16.4 Å². The summed E-state index contributed by atoms with van der Waals surface area (Å²) in [7, 11) is 1.94. The third-order valence-electron chi connectivity index (χ3n) is 1.83. The molecule has 0 aliphatic rings. The average molecular weight is 161 g/mol. The van der Waals surface area contributed by atoms with Crippen molar-refractivity contribution in [2.24, 2.45) is 0 Å². The first kappa shape index (κ1) is 7.31. The number of fused-ring (bicyclic) bond motifs is 1. The second-order valence-electron chi connectivity index (χ2n) is 2.76. The van der Waals surface area contributed by atoms with Gasteiger partial charge in [-0.15, -0.1) is 0 Å². The zero-order valence-corrected chi connectivity index (χ0v) is 6.99. The molecule has 0 aliphatic heterocycles. The Balaban J connectivity index is 2.46. The van der Waals surface area contributed by atoms with Crippen LogP contribution in [0.2, 0.25) is 0 Å². The lowest BCUT2D eigenvalue weighted by atomic mass is 10.3. The third kappa shape index (κ3) is 1.19. The van der Waals surface area contributed by atoms with Gasteiger partial charge in [0.05, 0.1) is 0 Å². The molecule has 0 aromatic carbocycles. The number of pyridine rings is 1. The van der Waals surface area contributed by atoms with E-state index in [0.29, 0.717) is 0 Å². The van der Waals surface area contributed by atoms with Crippen LogP contribution in [0.5, 0.6) is 0 Å². The maximum Gasteiger partial charge on any atom is 0.136 e. The fraction of sp³-hybridized carbons (Fsp3) is 0.222. The second kappa shape index (κ2) is 2.95. The van der Waals surface area contributed by atoms with Crippen molar-refractivity contribution in [2.45, 2.75) is 6.54 Å². The van der Waals surface area contributed by atoms with Crippen LogP contribution in [0.1, 0.15) is 5.56 Å². The number of aromatic nitrogens is 2. The molecule has 1 N–H and O–H groups in total. The van der Waals surface area contributed by atoms with Crippen molar-refractivity contribution in [1.29, 1.82) is 0 Å². The highest BCUT2D eigenvalue weighted by atomic mass is 15.0. The lowest BCUT2D eigenvalue weighted by Gasteiger charge is -2.00. The molecular formula is C9H11N3. The molecule has 3 heteroatoms. The molecule has 0 fully saturated rings. The van der Waals surface area contributed by atoms with Gasteiger partial charge in [0.15, 0.2) is 0 Å². The molecule has 62 valence electrons. The van der Waals surface area contributed by atoms with E-state index >= 15 is 0 Å². The number of imidazole rings is 1. The van der Waals surface area contributed by atoms with Crippen molar-refractivity contribution in [3.05, 3.63) is 36.3 Å². The van der Waals surface area contributed by atoms with Crippen molar-refractivity contribution >= 4 is 5.65 Å². The minimum Gasteiger partial charge on any atom is -0.316 e. The molecule has 2 aromatic heterocycles. The quantitative estimate of drug-likeness (QED) is 0.713. The third-order valence-corrected chi connectivity index (χ3v) is 1.83. The summed E-state index contributed by atoms with van der Waals surface area (Å²) in [5.74, 6) is 0. The van der Waals surface area contributed by atoms with Gasteiger partial charge < -0.3 is 9.72 Å². The number of nitrogens with zero attached hydrogens (tertiary/aromatic N) is 2. The Morgan fingerprint density at radius 2 is 2.42 bits per heavy atom. The maximum absolute atomic E-state index is 4.16. The van der Waals surface area contributed by atoms with Gasteiger partial charge in [-0.3, -0.25) is 0 Å². The minimum atomic E-state index is 0.897. The summed E-state index contributed by atoms with van der Waals surface area (Å²) in [6, 6.07) is 4.10. The Kier molecular flexibility index (Phi) is 1.80. The first-order valence-electron chi connectivity index (χ1n) is 3.96. The summed E-state index contributed by atoms with van der Waals surface area (Å²) in [4.78, 5) is 4.16. The molecule has 12 heavy (non-hydrogen) atoms. The lowest BCUT2D eigenvalue weighted by Crippen LogP contribution is -2.05. The van der Waals surface area contributed by atoms with E-state index in [-0.39, 0.29) is 0 Å². The molecular weight excluding hydrogens is 150 g/mol. The monoisotopic (exact) mass is 161 g/mol. The van der Waals surface area contributed by atoms with Gasteiger partial charge in [-0.25, -0.2) is 4.98 Å². The second-order valence-corrected chi connectivity index (χ2v) is 2.76. The van der Waals surface area contributed by atoms with Gasteiger partial charge in [0, 0.05) is 25.1 Å². The van der Waals surface area contributed by atoms with Gasteiger partial charge >= 0.3 is 0 Å². The zero-order chi connectivity index (χ0) is 8.39. The lowest BCUT2D eigenvalue weighted by molar-refractivity contribution is 0.811. The van der Waals surface area contributed by atoms with Gasteiger partial charge in [0.25, 0.3) is 0 Å². The SMILES string of the molecule is CNCc1ccc2nccn2c1. The molecule has 0 atom stereocenters. The molecule has 0 spiro atoms. The Labute approximate surface area is 71.0 Å². The smallest absolute Gasteiger partial charge is 0.136 e. The Morgan fingerprint density at radius 3 is 3.25 bits per heavy atom. The molecule has 0 amide bonds. The van der Waals surface area contributed by atoms with E-state index in [1.54, 1.807) is 6.20 Å². The van der Waals surface area contributed by atoms with Crippen LogP contribution in [0.4, 0.5) is 0 Å². The first-order chi connectivity index (χ1) is 5.90. The van der Waals surface area contributed by atoms with Crippen molar-refractivity contribution in [2.75, 3.05) is 7.05 Å². The summed E-state index contributed by atoms with van der Waals surface area (Å²) in [5.41, 5.74) is 2.26. The molecule has 0 radical (unpaired) electrons. The van der Waals surface area contributed by atoms with Crippen molar-refractivity contribution in [3.8, 4) is 0 Å². The highest BCUT2D eigenvalue weighted by Crippen LogP contribution is 2.03. The van der Waals surface area contributed by atoms with E-state index in [1.807, 2.05) is 23.7 Å². The summed E-state index contributed by atoms with van der Waals surface area (Å²) in [6.07, 6.45) is 5.84. The van der Waals surface area contributed by atoms with Crippen LogP contribution >= 0.6 is 0 Å². The van der Waals surface area contributed by atoms with E-state index in [9.17, 15) is 0 Å². The van der Waals surface area contributed by atoms with E-state index < -0.39 is 0 Å². The molecule has 2 heterocycles. The number of nitrogens with one attached hydrogen (secondary N) is 1. The highest BCUT2D eigenvalue weighted by molar-refractivity contribution is 5.39. The summed E-state index contributed by atoms with van der Waals surface area (Å²) in [6.45, 7) is 0.897. The van der Waals surface area contributed by atoms with Crippen LogP contribution in [-0.2, 0) is 6.54 Å². The summed E-state index contributed by atoms with van der Waals surface area (Å²) in [5, 5.41) is 3.11. The van der Waals surface area contributed by atoms with Gasteiger partial charge in [-0.2, -0.15) is 0 Å². The van der Waals surface area contributed by atoms with E-state index in [2.05, 4.69) is 22.6 Å². The van der Waals surface area contributed by atoms with Crippen LogP contribution in [0.25, 0.3) is 5.65 Å². The van der Waals surface area contributed by atoms with Crippen LogP contribution in [0, 0.1) is 0 Å². The fourth-order valence-corrected chi connectivity index (χ4v) is 1.27.